The fraction of sp³-hybridized carbons (Fsp3) is 0.600. The number of aromatic nitrogens is 1. The summed E-state index contributed by atoms with van der Waals surface area (Å²) in [7, 11) is 0. The van der Waals surface area contributed by atoms with Gasteiger partial charge in [0.25, 0.3) is 11.5 Å². The molecule has 2 bridgehead atoms. The van der Waals surface area contributed by atoms with Crippen LogP contribution in [0.15, 0.2) is 4.79 Å². The molecule has 2 aliphatic rings. The van der Waals surface area contributed by atoms with Crippen molar-refractivity contribution in [3.05, 3.63) is 32.2 Å². The van der Waals surface area contributed by atoms with Gasteiger partial charge < -0.3 is 15.2 Å². The van der Waals surface area contributed by atoms with Crippen molar-refractivity contribution in [2.24, 2.45) is 0 Å². The smallest absolute Gasteiger partial charge is 0.261 e. The number of pyridine rings is 1. The summed E-state index contributed by atoms with van der Waals surface area (Å²) >= 11 is 6.21. The van der Waals surface area contributed by atoms with Gasteiger partial charge in [-0.05, 0) is 45.2 Å². The largest absolute Gasteiger partial charge is 0.331 e. The van der Waals surface area contributed by atoms with E-state index < -0.39 is 0 Å². The van der Waals surface area contributed by atoms with E-state index in [0.29, 0.717) is 16.3 Å². The van der Waals surface area contributed by atoms with E-state index >= 15 is 0 Å². The third kappa shape index (κ3) is 2.38. The zero-order valence-corrected chi connectivity index (χ0v) is 13.1. The molecule has 2 atom stereocenters. The third-order valence-electron chi connectivity index (χ3n) is 4.66. The van der Waals surface area contributed by atoms with E-state index in [2.05, 4.69) is 10.3 Å². The van der Waals surface area contributed by atoms with Gasteiger partial charge in [0.05, 0.1) is 5.02 Å². The summed E-state index contributed by atoms with van der Waals surface area (Å²) in [5.41, 5.74) is 1.05. The fourth-order valence-electron chi connectivity index (χ4n) is 3.55. The van der Waals surface area contributed by atoms with Crippen LogP contribution in [0.5, 0.6) is 0 Å². The van der Waals surface area contributed by atoms with Crippen LogP contribution in [0.3, 0.4) is 0 Å². The second-order valence-electron chi connectivity index (χ2n) is 5.98. The maximum absolute atomic E-state index is 12.9. The van der Waals surface area contributed by atoms with E-state index in [1.54, 1.807) is 13.8 Å². The van der Waals surface area contributed by atoms with E-state index in [-0.39, 0.29) is 29.1 Å². The Labute approximate surface area is 128 Å². The van der Waals surface area contributed by atoms with Gasteiger partial charge in [-0.3, -0.25) is 9.59 Å². The third-order valence-corrected chi connectivity index (χ3v) is 5.23. The number of rotatable bonds is 1. The number of aromatic amines is 1. The number of halogens is 1. The Kier molecular flexibility index (Phi) is 3.80. The van der Waals surface area contributed by atoms with E-state index in [4.69, 9.17) is 11.6 Å². The second kappa shape index (κ2) is 5.46. The first-order valence-electron chi connectivity index (χ1n) is 7.43. The van der Waals surface area contributed by atoms with Gasteiger partial charge in [0.15, 0.2) is 0 Å². The summed E-state index contributed by atoms with van der Waals surface area (Å²) in [6.07, 6.45) is 2.97. The van der Waals surface area contributed by atoms with Crippen LogP contribution in [0.1, 0.15) is 40.9 Å². The Morgan fingerprint density at radius 3 is 2.71 bits per heavy atom. The molecule has 1 aromatic rings. The van der Waals surface area contributed by atoms with Gasteiger partial charge in [0.2, 0.25) is 0 Å². The number of aryl methyl sites for hydroxylation is 1. The quantitative estimate of drug-likeness (QED) is 0.828. The van der Waals surface area contributed by atoms with Crippen LogP contribution in [0, 0.1) is 13.8 Å². The number of fused-ring (bicyclic) bond motifs is 2. The Morgan fingerprint density at radius 2 is 1.95 bits per heavy atom. The first-order valence-corrected chi connectivity index (χ1v) is 7.81. The SMILES string of the molecule is Cc1[nH]c(=O)c(C(=O)N2[C@H]3CCNC[C@@H]2CC3)c(C)c1Cl. The summed E-state index contributed by atoms with van der Waals surface area (Å²) in [5, 5.41) is 3.83. The van der Waals surface area contributed by atoms with Crippen molar-refractivity contribution in [2.75, 3.05) is 13.1 Å². The molecule has 2 fully saturated rings. The normalized spacial score (nSPS) is 25.0. The van der Waals surface area contributed by atoms with Crippen LogP contribution in [0.25, 0.3) is 0 Å². The van der Waals surface area contributed by atoms with E-state index in [0.717, 1.165) is 32.4 Å². The van der Waals surface area contributed by atoms with Crippen molar-refractivity contribution < 1.29 is 4.79 Å². The summed E-state index contributed by atoms with van der Waals surface area (Å²) in [6, 6.07) is 0.417. The van der Waals surface area contributed by atoms with Crippen LogP contribution in [0.2, 0.25) is 5.02 Å². The Morgan fingerprint density at radius 1 is 1.24 bits per heavy atom. The van der Waals surface area contributed by atoms with Crippen LogP contribution >= 0.6 is 11.6 Å². The minimum absolute atomic E-state index is 0.174. The highest BCUT2D eigenvalue weighted by Gasteiger charge is 2.39. The molecule has 0 radical (unpaired) electrons. The maximum Gasteiger partial charge on any atom is 0.261 e. The molecule has 0 unspecified atom stereocenters. The first-order chi connectivity index (χ1) is 10.0. The van der Waals surface area contributed by atoms with E-state index in [1.165, 1.54) is 0 Å². The first kappa shape index (κ1) is 14.6. The van der Waals surface area contributed by atoms with Crippen molar-refractivity contribution in [3.63, 3.8) is 0 Å². The number of hydrogen-bond acceptors (Lipinski definition) is 3. The molecule has 0 aromatic carbocycles. The molecule has 0 aliphatic carbocycles. The number of hydrogen-bond donors (Lipinski definition) is 2. The molecule has 114 valence electrons. The number of carbonyl (C=O) groups excluding carboxylic acids is 1. The number of amides is 1. The molecule has 6 heteroatoms. The van der Waals surface area contributed by atoms with Crippen molar-refractivity contribution in [2.45, 2.75) is 45.2 Å². The number of H-pyrrole nitrogens is 1. The number of nitrogens with one attached hydrogen (secondary N) is 2. The monoisotopic (exact) mass is 309 g/mol. The highest BCUT2D eigenvalue weighted by Crippen LogP contribution is 2.30. The van der Waals surface area contributed by atoms with Gasteiger partial charge in [-0.1, -0.05) is 11.6 Å². The lowest BCUT2D eigenvalue weighted by Gasteiger charge is -2.28. The van der Waals surface area contributed by atoms with Gasteiger partial charge in [-0.15, -0.1) is 0 Å². The highest BCUT2D eigenvalue weighted by molar-refractivity contribution is 6.32. The Bertz CT molecular complexity index is 627. The standard InChI is InChI=1S/C15H20ClN3O2/c1-8-12(14(20)18-9(2)13(8)16)15(21)19-10-3-4-11(19)7-17-6-5-10/h10-11,17H,3-7H2,1-2H3,(H,18,20)/t10-,11+/m1/s1. The van der Waals surface area contributed by atoms with Crippen LogP contribution in [0.4, 0.5) is 0 Å². The van der Waals surface area contributed by atoms with E-state index in [1.807, 2.05) is 4.90 Å². The molecule has 2 saturated heterocycles. The molecule has 1 amide bonds. The fourth-order valence-corrected chi connectivity index (χ4v) is 3.69. The molecule has 2 aliphatic heterocycles. The molecule has 0 spiro atoms. The summed E-state index contributed by atoms with van der Waals surface area (Å²) < 4.78 is 0. The van der Waals surface area contributed by atoms with Gasteiger partial charge >= 0.3 is 0 Å². The Balaban J connectivity index is 2.03. The average molecular weight is 310 g/mol. The number of carbonyl (C=O) groups is 1. The van der Waals surface area contributed by atoms with Crippen molar-refractivity contribution in [1.82, 2.24) is 15.2 Å². The molecule has 21 heavy (non-hydrogen) atoms. The lowest BCUT2D eigenvalue weighted by Crippen LogP contribution is -2.44. The van der Waals surface area contributed by atoms with Crippen LogP contribution in [-0.4, -0.2) is 41.0 Å². The molecule has 3 rings (SSSR count). The molecular formula is C15H20ClN3O2. The average Bonchev–Trinajstić information content (AvgIpc) is 2.69. The van der Waals surface area contributed by atoms with Gasteiger partial charge in [0.1, 0.15) is 5.56 Å². The van der Waals surface area contributed by atoms with E-state index in [9.17, 15) is 9.59 Å². The van der Waals surface area contributed by atoms with Crippen LogP contribution in [-0.2, 0) is 0 Å². The van der Waals surface area contributed by atoms with Crippen molar-refractivity contribution >= 4 is 17.5 Å². The molecule has 3 heterocycles. The molecular weight excluding hydrogens is 290 g/mol. The van der Waals surface area contributed by atoms with Crippen molar-refractivity contribution in [1.29, 1.82) is 0 Å². The van der Waals surface area contributed by atoms with Gasteiger partial charge in [0, 0.05) is 24.3 Å². The maximum atomic E-state index is 12.9. The zero-order chi connectivity index (χ0) is 15.1. The van der Waals surface area contributed by atoms with Gasteiger partial charge in [-0.2, -0.15) is 0 Å². The van der Waals surface area contributed by atoms with Crippen LogP contribution < -0.4 is 10.9 Å². The Hall–Kier alpha value is -1.33. The molecule has 2 N–H and O–H groups in total. The predicted molar refractivity (Wildman–Crippen MR) is 82.0 cm³/mol. The summed E-state index contributed by atoms with van der Waals surface area (Å²) in [5.74, 6) is -0.174. The number of nitrogens with zero attached hydrogens (tertiary/aromatic N) is 1. The minimum atomic E-state index is -0.337. The minimum Gasteiger partial charge on any atom is -0.331 e. The van der Waals surface area contributed by atoms with Gasteiger partial charge in [-0.25, -0.2) is 0 Å². The lowest BCUT2D eigenvalue weighted by molar-refractivity contribution is 0.0677. The molecule has 0 saturated carbocycles. The topological polar surface area (TPSA) is 65.2 Å². The predicted octanol–water partition coefficient (Wildman–Crippen LogP) is 1.61. The lowest BCUT2D eigenvalue weighted by atomic mass is 10.1. The highest BCUT2D eigenvalue weighted by atomic mass is 35.5. The van der Waals surface area contributed by atoms with Crippen molar-refractivity contribution in [3.8, 4) is 0 Å². The second-order valence-corrected chi connectivity index (χ2v) is 6.36. The zero-order valence-electron chi connectivity index (χ0n) is 12.3. The summed E-state index contributed by atoms with van der Waals surface area (Å²) in [4.78, 5) is 29.8. The molecule has 1 aromatic heterocycles. The summed E-state index contributed by atoms with van der Waals surface area (Å²) in [6.45, 7) is 5.22. The molecule has 5 nitrogen and oxygen atoms in total.